The van der Waals surface area contributed by atoms with Crippen LogP contribution in [-0.2, 0) is 19.1 Å². The molecule has 24 heavy (non-hydrogen) atoms. The van der Waals surface area contributed by atoms with E-state index >= 15 is 0 Å². The highest BCUT2D eigenvalue weighted by Gasteiger charge is 2.39. The summed E-state index contributed by atoms with van der Waals surface area (Å²) in [6.07, 6.45) is 13.5. The summed E-state index contributed by atoms with van der Waals surface area (Å²) >= 11 is 0. The van der Waals surface area contributed by atoms with Crippen LogP contribution in [0.15, 0.2) is 0 Å². The van der Waals surface area contributed by atoms with E-state index in [1.807, 2.05) is 13.8 Å². The zero-order chi connectivity index (χ0) is 17.5. The van der Waals surface area contributed by atoms with E-state index in [9.17, 15) is 9.59 Å². The Hall–Kier alpha value is -1.06. The van der Waals surface area contributed by atoms with Crippen LogP contribution in [0.4, 0.5) is 0 Å². The van der Waals surface area contributed by atoms with Crippen molar-refractivity contribution in [2.75, 3.05) is 13.2 Å². The maximum Gasteiger partial charge on any atom is 0.311 e. The van der Waals surface area contributed by atoms with E-state index in [1.54, 1.807) is 0 Å². The van der Waals surface area contributed by atoms with Crippen molar-refractivity contribution in [2.24, 2.45) is 10.8 Å². The average molecular weight is 338 g/mol. The second kappa shape index (κ2) is 8.87. The first-order chi connectivity index (χ1) is 11.5. The van der Waals surface area contributed by atoms with Gasteiger partial charge in [0.25, 0.3) is 0 Å². The number of ether oxygens (including phenoxy) is 2. The van der Waals surface area contributed by atoms with Crippen molar-refractivity contribution in [3.05, 3.63) is 0 Å². The van der Waals surface area contributed by atoms with Gasteiger partial charge in [0.05, 0.1) is 24.0 Å². The van der Waals surface area contributed by atoms with Gasteiger partial charge in [0.1, 0.15) is 0 Å². The molecular formula is C20H34O4. The molecule has 0 amide bonds. The molecule has 138 valence electrons. The van der Waals surface area contributed by atoms with Crippen molar-refractivity contribution >= 4 is 11.9 Å². The van der Waals surface area contributed by atoms with Crippen molar-refractivity contribution in [1.82, 2.24) is 0 Å². The molecule has 0 aromatic heterocycles. The maximum absolute atomic E-state index is 11.6. The first kappa shape index (κ1) is 19.3. The number of cyclic esters (lactones) is 2. The van der Waals surface area contributed by atoms with E-state index in [0.29, 0.717) is 13.2 Å². The highest BCUT2D eigenvalue weighted by atomic mass is 16.5. The minimum Gasteiger partial charge on any atom is -0.465 e. The number of hydrogen-bond acceptors (Lipinski definition) is 4. The molecule has 0 aromatic carbocycles. The topological polar surface area (TPSA) is 52.6 Å². The Kier molecular flexibility index (Phi) is 7.12. The smallest absolute Gasteiger partial charge is 0.311 e. The Bertz CT molecular complexity index is 393. The largest absolute Gasteiger partial charge is 0.465 e. The average Bonchev–Trinajstić information content (AvgIpc) is 3.05. The van der Waals surface area contributed by atoms with Gasteiger partial charge in [-0.3, -0.25) is 9.59 Å². The van der Waals surface area contributed by atoms with Crippen molar-refractivity contribution in [1.29, 1.82) is 0 Å². The number of rotatable bonds is 11. The number of unbranched alkanes of at least 4 members (excludes halogenated alkanes) is 7. The van der Waals surface area contributed by atoms with E-state index in [4.69, 9.17) is 9.47 Å². The van der Waals surface area contributed by atoms with E-state index in [0.717, 1.165) is 38.5 Å². The van der Waals surface area contributed by atoms with E-state index in [1.165, 1.54) is 38.5 Å². The van der Waals surface area contributed by atoms with Crippen molar-refractivity contribution in [3.8, 4) is 0 Å². The van der Waals surface area contributed by atoms with Crippen LogP contribution in [-0.4, -0.2) is 25.2 Å². The third kappa shape index (κ3) is 5.22. The molecule has 2 saturated heterocycles. The van der Waals surface area contributed by atoms with Crippen LogP contribution in [0.25, 0.3) is 0 Å². The summed E-state index contributed by atoms with van der Waals surface area (Å²) in [6, 6.07) is 0. The summed E-state index contributed by atoms with van der Waals surface area (Å²) in [6.45, 7) is 5.30. The lowest BCUT2D eigenvalue weighted by atomic mass is 9.83. The van der Waals surface area contributed by atoms with Gasteiger partial charge in [0, 0.05) is 0 Å². The molecule has 2 aliphatic heterocycles. The van der Waals surface area contributed by atoms with E-state index in [-0.39, 0.29) is 22.8 Å². The van der Waals surface area contributed by atoms with Gasteiger partial charge in [0.15, 0.2) is 0 Å². The van der Waals surface area contributed by atoms with Crippen molar-refractivity contribution in [3.63, 3.8) is 0 Å². The van der Waals surface area contributed by atoms with Gasteiger partial charge in [0.2, 0.25) is 0 Å². The molecule has 0 N–H and O–H groups in total. The zero-order valence-corrected chi connectivity index (χ0v) is 15.5. The normalized spacial score (nSPS) is 29.8. The number of carbonyl (C=O) groups excluding carboxylic acids is 2. The number of hydrogen-bond donors (Lipinski definition) is 0. The van der Waals surface area contributed by atoms with Crippen LogP contribution in [0.1, 0.15) is 90.9 Å². The lowest BCUT2D eigenvalue weighted by Gasteiger charge is -2.18. The fraction of sp³-hybridized carbons (Fsp3) is 0.900. The first-order valence-electron chi connectivity index (χ1n) is 9.81. The van der Waals surface area contributed by atoms with Gasteiger partial charge in [-0.1, -0.05) is 51.4 Å². The zero-order valence-electron chi connectivity index (χ0n) is 15.5. The summed E-state index contributed by atoms with van der Waals surface area (Å²) in [7, 11) is 0. The Morgan fingerprint density at radius 2 is 1.00 bits per heavy atom. The minimum absolute atomic E-state index is 0.00217. The fourth-order valence-corrected chi connectivity index (χ4v) is 3.84. The monoisotopic (exact) mass is 338 g/mol. The molecule has 0 saturated carbocycles. The Balaban J connectivity index is 1.41. The van der Waals surface area contributed by atoms with E-state index < -0.39 is 0 Å². The van der Waals surface area contributed by atoms with Crippen molar-refractivity contribution < 1.29 is 19.1 Å². The van der Waals surface area contributed by atoms with Crippen LogP contribution < -0.4 is 0 Å². The molecule has 4 nitrogen and oxygen atoms in total. The molecule has 2 aliphatic rings. The molecule has 0 radical (unpaired) electrons. The van der Waals surface area contributed by atoms with Crippen LogP contribution in [0.5, 0.6) is 0 Å². The lowest BCUT2D eigenvalue weighted by Crippen LogP contribution is -2.22. The van der Waals surface area contributed by atoms with E-state index in [2.05, 4.69) is 0 Å². The molecule has 0 aliphatic carbocycles. The number of esters is 2. The molecular weight excluding hydrogens is 304 g/mol. The molecule has 2 fully saturated rings. The summed E-state index contributed by atoms with van der Waals surface area (Å²) in [5.41, 5.74) is -0.422. The second-order valence-electron chi connectivity index (χ2n) is 8.22. The molecule has 0 bridgehead atoms. The summed E-state index contributed by atoms with van der Waals surface area (Å²) in [5, 5.41) is 0. The SMILES string of the molecule is C[C@@]1(CCCCCCCCCC[C@]2(C)CCOC2=O)CCOC1=O. The van der Waals surface area contributed by atoms with Crippen LogP contribution in [0.2, 0.25) is 0 Å². The van der Waals surface area contributed by atoms with Gasteiger partial charge in [-0.25, -0.2) is 0 Å². The Morgan fingerprint density at radius 1 is 0.667 bits per heavy atom. The molecule has 4 heteroatoms. The number of carbonyl (C=O) groups is 2. The molecule has 0 aromatic rings. The molecule has 2 atom stereocenters. The van der Waals surface area contributed by atoms with Gasteiger partial charge in [-0.05, 0) is 39.5 Å². The molecule has 0 spiro atoms. The first-order valence-corrected chi connectivity index (χ1v) is 9.81. The van der Waals surface area contributed by atoms with Gasteiger partial charge in [-0.2, -0.15) is 0 Å². The highest BCUT2D eigenvalue weighted by Crippen LogP contribution is 2.36. The maximum atomic E-state index is 11.6. The third-order valence-electron chi connectivity index (χ3n) is 5.97. The van der Waals surface area contributed by atoms with Crippen LogP contribution in [0.3, 0.4) is 0 Å². The highest BCUT2D eigenvalue weighted by molar-refractivity contribution is 5.78. The lowest BCUT2D eigenvalue weighted by molar-refractivity contribution is -0.146. The Labute approximate surface area is 146 Å². The van der Waals surface area contributed by atoms with Crippen molar-refractivity contribution in [2.45, 2.75) is 90.9 Å². The predicted molar refractivity (Wildman–Crippen MR) is 93.5 cm³/mol. The standard InChI is InChI=1S/C20H34O4/c1-19(13-15-23-17(19)21)11-9-7-5-3-4-6-8-10-12-20(2)14-16-24-18(20)22/h3-16H2,1-2H3/t19-,20-/m1/s1. The van der Waals surface area contributed by atoms with Gasteiger partial charge in [-0.15, -0.1) is 0 Å². The second-order valence-corrected chi connectivity index (χ2v) is 8.22. The van der Waals surface area contributed by atoms with Crippen LogP contribution >= 0.6 is 0 Å². The van der Waals surface area contributed by atoms with Gasteiger partial charge < -0.3 is 9.47 Å². The molecule has 0 unspecified atom stereocenters. The Morgan fingerprint density at radius 3 is 1.29 bits per heavy atom. The summed E-state index contributed by atoms with van der Waals surface area (Å²) in [4.78, 5) is 23.3. The molecule has 2 heterocycles. The fourth-order valence-electron chi connectivity index (χ4n) is 3.84. The quantitative estimate of drug-likeness (QED) is 0.401. The summed E-state index contributed by atoms with van der Waals surface area (Å²) < 4.78 is 10.2. The minimum atomic E-state index is -0.211. The summed E-state index contributed by atoms with van der Waals surface area (Å²) in [5.74, 6) is 0.00433. The van der Waals surface area contributed by atoms with Gasteiger partial charge >= 0.3 is 11.9 Å². The third-order valence-corrected chi connectivity index (χ3v) is 5.97. The molecule has 2 rings (SSSR count). The van der Waals surface area contributed by atoms with Crippen LogP contribution in [0, 0.1) is 10.8 Å². The predicted octanol–water partition coefficient (Wildman–Crippen LogP) is 4.79.